The Balaban J connectivity index is 1.88. The van der Waals surface area contributed by atoms with Gasteiger partial charge in [-0.05, 0) is 34.1 Å². The third kappa shape index (κ3) is 4.42. The third-order valence-corrected chi connectivity index (χ3v) is 4.03. The summed E-state index contributed by atoms with van der Waals surface area (Å²) in [4.78, 5) is 27.3. The van der Waals surface area contributed by atoms with Gasteiger partial charge in [0, 0.05) is 0 Å². The summed E-state index contributed by atoms with van der Waals surface area (Å²) in [5.74, 6) is -1.14. The number of thiazole rings is 1. The van der Waals surface area contributed by atoms with E-state index >= 15 is 0 Å². The highest BCUT2D eigenvalue weighted by atomic mass is 79.9. The Bertz CT molecular complexity index is 692. The lowest BCUT2D eigenvalue weighted by atomic mass is 10.2. The van der Waals surface area contributed by atoms with Crippen LogP contribution in [-0.4, -0.2) is 23.5 Å². The largest absolute Gasteiger partial charge is 0.452 e. The smallest absolute Gasteiger partial charge is 0.338 e. The molecule has 9 heteroatoms. The number of ether oxygens (including phenoxy) is 1. The van der Waals surface area contributed by atoms with E-state index in [-0.39, 0.29) is 11.3 Å². The van der Waals surface area contributed by atoms with Gasteiger partial charge in [0.1, 0.15) is 0 Å². The number of hydrogen-bond acceptors (Lipinski definition) is 6. The second-order valence-corrected chi connectivity index (χ2v) is 6.65. The Hall–Kier alpha value is -1.64. The predicted molar refractivity (Wildman–Crippen MR) is 84.6 cm³/mol. The van der Waals surface area contributed by atoms with Gasteiger partial charge in [-0.3, -0.25) is 10.1 Å². The highest BCUT2D eigenvalue weighted by molar-refractivity contribution is 9.11. The number of nitrogens with two attached hydrogens (primary N) is 1. The molecule has 0 saturated heterocycles. The fourth-order valence-corrected chi connectivity index (χ4v) is 2.59. The molecule has 3 N–H and O–H groups in total. The first kappa shape index (κ1) is 15.7. The van der Waals surface area contributed by atoms with Gasteiger partial charge in [0.05, 0.1) is 26.3 Å². The van der Waals surface area contributed by atoms with E-state index < -0.39 is 18.5 Å². The van der Waals surface area contributed by atoms with Gasteiger partial charge in [0.15, 0.2) is 11.7 Å². The van der Waals surface area contributed by atoms with Crippen LogP contribution in [0.5, 0.6) is 0 Å². The van der Waals surface area contributed by atoms with Crippen molar-refractivity contribution in [3.05, 3.63) is 38.8 Å². The van der Waals surface area contributed by atoms with Gasteiger partial charge < -0.3 is 10.5 Å². The summed E-state index contributed by atoms with van der Waals surface area (Å²) < 4.78 is 5.66. The summed E-state index contributed by atoms with van der Waals surface area (Å²) in [6.45, 7) is -0.418. The summed E-state index contributed by atoms with van der Waals surface area (Å²) in [5, 5.41) is 3.27. The minimum absolute atomic E-state index is 0.224. The van der Waals surface area contributed by atoms with Crippen LogP contribution < -0.4 is 11.1 Å². The number of rotatable bonds is 4. The molecule has 1 amide bonds. The third-order valence-electron chi connectivity index (χ3n) is 2.29. The minimum Gasteiger partial charge on any atom is -0.452 e. The maximum atomic E-state index is 11.7. The molecule has 0 aliphatic heterocycles. The molecule has 0 radical (unpaired) electrons. The Kier molecular flexibility index (Phi) is 5.16. The van der Waals surface area contributed by atoms with Gasteiger partial charge in [0.2, 0.25) is 0 Å². The van der Waals surface area contributed by atoms with E-state index in [1.807, 2.05) is 0 Å². The lowest BCUT2D eigenvalue weighted by Crippen LogP contribution is -2.20. The van der Waals surface area contributed by atoms with Crippen LogP contribution in [-0.2, 0) is 9.53 Å². The van der Waals surface area contributed by atoms with Crippen LogP contribution in [0.1, 0.15) is 10.4 Å². The first-order valence-corrected chi connectivity index (χ1v) is 7.58. The number of amides is 1. The molecule has 0 atom stereocenters. The van der Waals surface area contributed by atoms with Gasteiger partial charge in [-0.2, -0.15) is 0 Å². The number of benzene rings is 1. The molecule has 0 saturated carbocycles. The van der Waals surface area contributed by atoms with Crippen molar-refractivity contribution in [2.45, 2.75) is 0 Å². The molecule has 21 heavy (non-hydrogen) atoms. The topological polar surface area (TPSA) is 94.3 Å². The SMILES string of the molecule is Nc1cc(C(=O)OCC(=O)Nc2ncc(Br)s2)ccc1Cl. The molecule has 0 aliphatic carbocycles. The molecule has 0 bridgehead atoms. The predicted octanol–water partition coefficient (Wildman–Crippen LogP) is 2.94. The number of carbonyl (C=O) groups excluding carboxylic acids is 2. The summed E-state index contributed by atoms with van der Waals surface area (Å²) in [6, 6.07) is 4.35. The Morgan fingerprint density at radius 2 is 2.24 bits per heavy atom. The molecule has 2 aromatic rings. The number of halogens is 2. The van der Waals surface area contributed by atoms with Crippen LogP contribution in [0, 0.1) is 0 Å². The van der Waals surface area contributed by atoms with Crippen LogP contribution in [0.4, 0.5) is 10.8 Å². The fourth-order valence-electron chi connectivity index (χ4n) is 1.35. The molecule has 6 nitrogen and oxygen atoms in total. The molecule has 0 fully saturated rings. The maximum Gasteiger partial charge on any atom is 0.338 e. The molecular formula is C12H9BrClN3O3S. The number of nitrogen functional groups attached to an aromatic ring is 1. The Morgan fingerprint density at radius 3 is 2.86 bits per heavy atom. The molecule has 1 heterocycles. The van der Waals surface area contributed by atoms with Crippen LogP contribution in [0.25, 0.3) is 0 Å². The van der Waals surface area contributed by atoms with Gasteiger partial charge in [-0.25, -0.2) is 9.78 Å². The zero-order valence-electron chi connectivity index (χ0n) is 10.4. The van der Waals surface area contributed by atoms with Crippen molar-refractivity contribution in [1.82, 2.24) is 4.98 Å². The molecule has 0 unspecified atom stereocenters. The number of nitrogens with zero attached hydrogens (tertiary/aromatic N) is 1. The minimum atomic E-state index is -0.658. The van der Waals surface area contributed by atoms with E-state index in [0.717, 1.165) is 3.79 Å². The first-order chi connectivity index (χ1) is 9.95. The standard InChI is InChI=1S/C12H9BrClN3O3S/c13-9-4-16-12(21-9)17-10(18)5-20-11(19)6-1-2-7(14)8(15)3-6/h1-4H,5,15H2,(H,16,17,18). The zero-order valence-corrected chi connectivity index (χ0v) is 13.6. The number of hydrogen-bond donors (Lipinski definition) is 2. The lowest BCUT2D eigenvalue weighted by Gasteiger charge is -2.06. The molecule has 1 aromatic heterocycles. The Labute approximate surface area is 137 Å². The molecular weight excluding hydrogens is 382 g/mol. The van der Waals surface area contributed by atoms with Gasteiger partial charge >= 0.3 is 5.97 Å². The van der Waals surface area contributed by atoms with Crippen molar-refractivity contribution >= 4 is 61.6 Å². The van der Waals surface area contributed by atoms with Gasteiger partial charge in [-0.1, -0.05) is 22.9 Å². The van der Waals surface area contributed by atoms with Crippen molar-refractivity contribution in [2.75, 3.05) is 17.7 Å². The number of carbonyl (C=O) groups is 2. The first-order valence-electron chi connectivity index (χ1n) is 5.59. The summed E-state index contributed by atoms with van der Waals surface area (Å²) in [6.07, 6.45) is 1.56. The molecule has 110 valence electrons. The number of nitrogens with one attached hydrogen (secondary N) is 1. The second-order valence-electron chi connectivity index (χ2n) is 3.83. The number of aromatic nitrogens is 1. The number of anilines is 2. The normalized spacial score (nSPS) is 10.2. The van der Waals surface area contributed by atoms with Crippen LogP contribution >= 0.6 is 38.9 Å². The zero-order chi connectivity index (χ0) is 15.4. The van der Waals surface area contributed by atoms with Crippen molar-refractivity contribution in [1.29, 1.82) is 0 Å². The molecule has 1 aromatic carbocycles. The summed E-state index contributed by atoms with van der Waals surface area (Å²) in [7, 11) is 0. The monoisotopic (exact) mass is 389 g/mol. The second kappa shape index (κ2) is 6.88. The van der Waals surface area contributed by atoms with Gasteiger partial charge in [-0.15, -0.1) is 0 Å². The highest BCUT2D eigenvalue weighted by Gasteiger charge is 2.12. The van der Waals surface area contributed by atoms with E-state index in [9.17, 15) is 9.59 Å². The summed E-state index contributed by atoms with van der Waals surface area (Å²) in [5.41, 5.74) is 6.08. The van der Waals surface area contributed by atoms with Crippen LogP contribution in [0.15, 0.2) is 28.2 Å². The lowest BCUT2D eigenvalue weighted by molar-refractivity contribution is -0.119. The van der Waals surface area contributed by atoms with Gasteiger partial charge in [0.25, 0.3) is 5.91 Å². The van der Waals surface area contributed by atoms with Crippen molar-refractivity contribution in [3.63, 3.8) is 0 Å². The van der Waals surface area contributed by atoms with Crippen molar-refractivity contribution in [3.8, 4) is 0 Å². The average Bonchev–Trinajstić information content (AvgIpc) is 2.84. The van der Waals surface area contributed by atoms with E-state index in [2.05, 4.69) is 26.2 Å². The Morgan fingerprint density at radius 1 is 1.48 bits per heavy atom. The van der Waals surface area contributed by atoms with E-state index in [4.69, 9.17) is 22.1 Å². The summed E-state index contributed by atoms with van der Waals surface area (Å²) >= 11 is 10.2. The van der Waals surface area contributed by atoms with Crippen molar-refractivity contribution in [2.24, 2.45) is 0 Å². The van der Waals surface area contributed by atoms with Crippen molar-refractivity contribution < 1.29 is 14.3 Å². The molecule has 0 spiro atoms. The van der Waals surface area contributed by atoms with Crippen LogP contribution in [0.2, 0.25) is 5.02 Å². The number of esters is 1. The fraction of sp³-hybridized carbons (Fsp3) is 0.0833. The van der Waals surface area contributed by atoms with E-state index in [1.165, 1.54) is 29.5 Å². The molecule has 0 aliphatic rings. The maximum absolute atomic E-state index is 11.7. The van der Waals surface area contributed by atoms with E-state index in [1.54, 1.807) is 6.20 Å². The highest BCUT2D eigenvalue weighted by Crippen LogP contribution is 2.23. The van der Waals surface area contributed by atoms with E-state index in [0.29, 0.717) is 10.2 Å². The average molecular weight is 391 g/mol. The molecule has 2 rings (SSSR count). The quantitative estimate of drug-likeness (QED) is 0.618. The van der Waals surface area contributed by atoms with Crippen LogP contribution in [0.3, 0.4) is 0 Å².